The van der Waals surface area contributed by atoms with Crippen molar-refractivity contribution in [3.05, 3.63) is 29.8 Å². The number of para-hydroxylation sites is 1. The Morgan fingerprint density at radius 2 is 2.15 bits per heavy atom. The van der Waals surface area contributed by atoms with Gasteiger partial charge in [0.15, 0.2) is 0 Å². The maximum absolute atomic E-state index is 11.2. The third-order valence-electron chi connectivity index (χ3n) is 5.58. The quantitative estimate of drug-likeness (QED) is 0.898. The molecule has 0 spiro atoms. The molecule has 3 aliphatic heterocycles. The van der Waals surface area contributed by atoms with Crippen LogP contribution in [0.1, 0.15) is 37.2 Å². The minimum atomic E-state index is -0.456. The minimum Gasteiger partial charge on any atom is -0.493 e. The second kappa shape index (κ2) is 4.74. The van der Waals surface area contributed by atoms with E-state index in [0.717, 1.165) is 44.7 Å². The highest BCUT2D eigenvalue weighted by Crippen LogP contribution is 2.45. The van der Waals surface area contributed by atoms with Gasteiger partial charge in [-0.1, -0.05) is 18.2 Å². The Hall–Kier alpha value is -1.06. The summed E-state index contributed by atoms with van der Waals surface area (Å²) in [7, 11) is 0. The van der Waals surface area contributed by atoms with Crippen LogP contribution in [0, 0.1) is 5.92 Å². The Bertz CT molecular complexity index is 504. The van der Waals surface area contributed by atoms with Gasteiger partial charge in [-0.15, -0.1) is 0 Å². The summed E-state index contributed by atoms with van der Waals surface area (Å²) in [5.74, 6) is 1.96. The van der Waals surface area contributed by atoms with Gasteiger partial charge in [0.1, 0.15) is 5.75 Å². The zero-order valence-corrected chi connectivity index (χ0v) is 11.9. The zero-order valence-electron chi connectivity index (χ0n) is 11.9. The molecule has 1 aromatic rings. The fourth-order valence-corrected chi connectivity index (χ4v) is 4.35. The molecule has 3 heterocycles. The first-order valence-corrected chi connectivity index (χ1v) is 7.91. The number of hydrogen-bond acceptors (Lipinski definition) is 3. The monoisotopic (exact) mass is 273 g/mol. The smallest absolute Gasteiger partial charge is 0.122 e. The van der Waals surface area contributed by atoms with Gasteiger partial charge in [-0.05, 0) is 49.8 Å². The highest BCUT2D eigenvalue weighted by Gasteiger charge is 2.46. The van der Waals surface area contributed by atoms with E-state index >= 15 is 0 Å². The van der Waals surface area contributed by atoms with Crippen LogP contribution in [-0.4, -0.2) is 41.8 Å². The predicted octanol–water partition coefficient (Wildman–Crippen LogP) is 2.40. The van der Waals surface area contributed by atoms with E-state index in [1.54, 1.807) is 0 Å². The van der Waals surface area contributed by atoms with Gasteiger partial charge in [-0.25, -0.2) is 0 Å². The molecular formula is C17H23NO2. The van der Waals surface area contributed by atoms with Crippen LogP contribution >= 0.6 is 0 Å². The van der Waals surface area contributed by atoms with Crippen molar-refractivity contribution < 1.29 is 9.84 Å². The maximum Gasteiger partial charge on any atom is 0.122 e. The molecule has 4 rings (SSSR count). The lowest BCUT2D eigenvalue weighted by Gasteiger charge is -2.42. The number of nitrogens with zero attached hydrogens (tertiary/aromatic N) is 1. The Balaban J connectivity index is 1.57. The van der Waals surface area contributed by atoms with Crippen molar-refractivity contribution in [1.29, 1.82) is 0 Å². The molecule has 1 N–H and O–H groups in total. The van der Waals surface area contributed by atoms with Gasteiger partial charge in [0.05, 0.1) is 12.2 Å². The Morgan fingerprint density at radius 1 is 1.25 bits per heavy atom. The summed E-state index contributed by atoms with van der Waals surface area (Å²) >= 11 is 0. The number of rotatable bonds is 2. The lowest BCUT2D eigenvalue weighted by molar-refractivity contribution is -0.0578. The zero-order chi connectivity index (χ0) is 13.6. The normalized spacial score (nSPS) is 39.1. The number of fused-ring (bicyclic) bond motifs is 3. The maximum atomic E-state index is 11.2. The molecule has 0 saturated carbocycles. The summed E-state index contributed by atoms with van der Waals surface area (Å²) in [6, 6.07) is 8.35. The molecule has 3 heteroatoms. The van der Waals surface area contributed by atoms with E-state index < -0.39 is 5.60 Å². The van der Waals surface area contributed by atoms with Gasteiger partial charge in [-0.2, -0.15) is 0 Å². The Labute approximate surface area is 120 Å². The van der Waals surface area contributed by atoms with E-state index in [2.05, 4.69) is 23.1 Å². The van der Waals surface area contributed by atoms with E-state index in [0.29, 0.717) is 11.8 Å². The lowest BCUT2D eigenvalue weighted by Crippen LogP contribution is -2.47. The molecule has 0 aliphatic carbocycles. The summed E-state index contributed by atoms with van der Waals surface area (Å²) in [4.78, 5) is 2.50. The van der Waals surface area contributed by atoms with Crippen LogP contribution in [0.2, 0.25) is 0 Å². The highest BCUT2D eigenvalue weighted by atomic mass is 16.5. The molecule has 20 heavy (non-hydrogen) atoms. The van der Waals surface area contributed by atoms with Crippen LogP contribution in [-0.2, 0) is 0 Å². The first kappa shape index (κ1) is 12.7. The summed E-state index contributed by atoms with van der Waals surface area (Å²) in [5, 5.41) is 11.2. The van der Waals surface area contributed by atoms with Crippen LogP contribution in [0.5, 0.6) is 5.75 Å². The van der Waals surface area contributed by atoms with Gasteiger partial charge in [0, 0.05) is 19.0 Å². The Kier molecular flexibility index (Phi) is 3.00. The summed E-state index contributed by atoms with van der Waals surface area (Å²) in [5.41, 5.74) is 0.842. The molecule has 0 amide bonds. The summed E-state index contributed by atoms with van der Waals surface area (Å²) < 4.78 is 5.75. The van der Waals surface area contributed by atoms with Crippen molar-refractivity contribution >= 4 is 0 Å². The summed E-state index contributed by atoms with van der Waals surface area (Å²) in [6.07, 6.45) is 4.06. The van der Waals surface area contributed by atoms with Crippen LogP contribution < -0.4 is 4.74 Å². The molecule has 4 atom stereocenters. The lowest BCUT2D eigenvalue weighted by atomic mass is 9.73. The van der Waals surface area contributed by atoms with E-state index in [-0.39, 0.29) is 0 Å². The van der Waals surface area contributed by atoms with E-state index in [9.17, 15) is 5.11 Å². The minimum absolute atomic E-state index is 0.456. The second-order valence-electron chi connectivity index (χ2n) is 6.72. The largest absolute Gasteiger partial charge is 0.493 e. The molecule has 108 valence electrons. The van der Waals surface area contributed by atoms with Gasteiger partial charge in [0.25, 0.3) is 0 Å². The molecule has 2 fully saturated rings. The molecule has 0 radical (unpaired) electrons. The predicted molar refractivity (Wildman–Crippen MR) is 78.0 cm³/mol. The van der Waals surface area contributed by atoms with Crippen molar-refractivity contribution in [2.24, 2.45) is 5.92 Å². The van der Waals surface area contributed by atoms with Crippen LogP contribution in [0.25, 0.3) is 0 Å². The molecule has 3 aliphatic rings. The average Bonchev–Trinajstić information content (AvgIpc) is 2.90. The van der Waals surface area contributed by atoms with Gasteiger partial charge in [-0.3, -0.25) is 0 Å². The number of piperidine rings is 1. The fourth-order valence-electron chi connectivity index (χ4n) is 4.35. The molecule has 2 bridgehead atoms. The number of aliphatic hydroxyl groups is 1. The first-order valence-electron chi connectivity index (χ1n) is 7.91. The van der Waals surface area contributed by atoms with Crippen molar-refractivity contribution in [1.82, 2.24) is 4.90 Å². The Morgan fingerprint density at radius 3 is 3.10 bits per heavy atom. The average molecular weight is 273 g/mol. The third kappa shape index (κ3) is 2.04. The van der Waals surface area contributed by atoms with E-state index in [1.165, 1.54) is 18.5 Å². The molecule has 4 unspecified atom stereocenters. The van der Waals surface area contributed by atoms with Gasteiger partial charge >= 0.3 is 0 Å². The van der Waals surface area contributed by atoms with Crippen molar-refractivity contribution in [2.75, 3.05) is 26.2 Å². The molecule has 0 aromatic heterocycles. The van der Waals surface area contributed by atoms with Crippen molar-refractivity contribution in [2.45, 2.75) is 37.2 Å². The number of ether oxygens (including phenoxy) is 1. The number of hydrogen-bond donors (Lipinski definition) is 1. The van der Waals surface area contributed by atoms with Crippen molar-refractivity contribution in [3.63, 3.8) is 0 Å². The van der Waals surface area contributed by atoms with Crippen LogP contribution in [0.15, 0.2) is 24.3 Å². The molecular weight excluding hydrogens is 250 g/mol. The standard InChI is InChI=1S/C17H23NO2/c19-17(7-9-18-8-5-14(17)12-18)11-13-6-10-20-16-4-2-1-3-15(13)16/h1-4,13-14,19H,5-12H2. The van der Waals surface area contributed by atoms with E-state index in [4.69, 9.17) is 4.74 Å². The molecule has 3 nitrogen and oxygen atoms in total. The first-order chi connectivity index (χ1) is 9.74. The fraction of sp³-hybridized carbons (Fsp3) is 0.647. The molecule has 1 aromatic carbocycles. The van der Waals surface area contributed by atoms with Crippen molar-refractivity contribution in [3.8, 4) is 5.75 Å². The van der Waals surface area contributed by atoms with Gasteiger partial charge in [0.2, 0.25) is 0 Å². The van der Waals surface area contributed by atoms with Crippen LogP contribution in [0.4, 0.5) is 0 Å². The van der Waals surface area contributed by atoms with Gasteiger partial charge < -0.3 is 14.7 Å². The third-order valence-corrected chi connectivity index (χ3v) is 5.58. The van der Waals surface area contributed by atoms with E-state index in [1.807, 2.05) is 6.07 Å². The highest BCUT2D eigenvalue weighted by molar-refractivity contribution is 5.38. The number of benzene rings is 1. The summed E-state index contributed by atoms with van der Waals surface area (Å²) in [6.45, 7) is 4.13. The SMILES string of the molecule is OC1(CC2CCOc3ccccc32)CCN2CCC1C2. The topological polar surface area (TPSA) is 32.7 Å². The molecule has 2 saturated heterocycles. The second-order valence-corrected chi connectivity index (χ2v) is 6.72. The van der Waals surface area contributed by atoms with Crippen LogP contribution in [0.3, 0.4) is 0 Å².